The second-order valence-electron chi connectivity index (χ2n) is 5.42. The van der Waals surface area contributed by atoms with E-state index in [4.69, 9.17) is 11.6 Å². The minimum absolute atomic E-state index is 0. The van der Waals surface area contributed by atoms with E-state index in [1.165, 1.54) is 5.56 Å². The molecule has 0 fully saturated rings. The van der Waals surface area contributed by atoms with E-state index in [0.717, 1.165) is 33.4 Å². The number of para-hydroxylation sites is 2. The molecule has 0 spiro atoms. The number of aromatic nitrogens is 1. The first-order chi connectivity index (χ1) is 10.8. The largest absolute Gasteiger partial charge is 1.00 e. The Labute approximate surface area is 146 Å². The van der Waals surface area contributed by atoms with Gasteiger partial charge in [-0.25, -0.2) is 0 Å². The van der Waals surface area contributed by atoms with E-state index >= 15 is 0 Å². The average Bonchev–Trinajstić information content (AvgIpc) is 2.59. The molecule has 0 aliphatic rings. The minimum Gasteiger partial charge on any atom is -1.00 e. The van der Waals surface area contributed by atoms with Crippen LogP contribution < -0.4 is 17.0 Å². The van der Waals surface area contributed by atoms with Gasteiger partial charge in [-0.05, 0) is 12.1 Å². The van der Waals surface area contributed by atoms with Crippen molar-refractivity contribution in [3.05, 3.63) is 89.4 Å². The average molecular weight is 340 g/mol. The van der Waals surface area contributed by atoms with Crippen molar-refractivity contribution in [1.29, 1.82) is 0 Å². The summed E-state index contributed by atoms with van der Waals surface area (Å²) in [5.74, 6) is 0. The SMILES string of the molecule is Clc1c2ccccc2[n+](Cc2ccccc2)c2ccccc12.[Cl-]. The zero-order valence-corrected chi connectivity index (χ0v) is 13.9. The Hall–Kier alpha value is -2.09. The molecule has 3 heteroatoms. The van der Waals surface area contributed by atoms with Gasteiger partial charge >= 0.3 is 0 Å². The van der Waals surface area contributed by atoms with Crippen LogP contribution in [-0.4, -0.2) is 0 Å². The van der Waals surface area contributed by atoms with E-state index in [2.05, 4.69) is 65.2 Å². The van der Waals surface area contributed by atoms with Crippen LogP contribution in [0.3, 0.4) is 0 Å². The molecular weight excluding hydrogens is 325 g/mol. The number of hydrogen-bond donors (Lipinski definition) is 0. The third-order valence-corrected chi connectivity index (χ3v) is 4.45. The van der Waals surface area contributed by atoms with Crippen LogP contribution in [-0.2, 0) is 6.54 Å². The topological polar surface area (TPSA) is 3.88 Å². The number of halogens is 2. The lowest BCUT2D eigenvalue weighted by molar-refractivity contribution is -0.635. The summed E-state index contributed by atoms with van der Waals surface area (Å²) in [5.41, 5.74) is 3.61. The summed E-state index contributed by atoms with van der Waals surface area (Å²) in [6.45, 7) is 0.832. The lowest BCUT2D eigenvalue weighted by atomic mass is 10.1. The number of fused-ring (bicyclic) bond motifs is 2. The zero-order chi connectivity index (χ0) is 14.9. The highest BCUT2D eigenvalue weighted by molar-refractivity contribution is 6.39. The summed E-state index contributed by atoms with van der Waals surface area (Å²) in [5, 5.41) is 3.02. The van der Waals surface area contributed by atoms with Gasteiger partial charge < -0.3 is 12.4 Å². The van der Waals surface area contributed by atoms with Gasteiger partial charge in [-0.3, -0.25) is 0 Å². The van der Waals surface area contributed by atoms with Crippen LogP contribution in [0.1, 0.15) is 5.56 Å². The zero-order valence-electron chi connectivity index (χ0n) is 12.4. The number of nitrogens with zero attached hydrogens (tertiary/aromatic N) is 1. The molecule has 0 atom stereocenters. The van der Waals surface area contributed by atoms with Crippen molar-refractivity contribution in [2.75, 3.05) is 0 Å². The van der Waals surface area contributed by atoms with Crippen molar-refractivity contribution in [3.63, 3.8) is 0 Å². The molecule has 0 saturated heterocycles. The number of hydrogen-bond acceptors (Lipinski definition) is 0. The molecule has 114 valence electrons. The fourth-order valence-electron chi connectivity index (χ4n) is 3.00. The van der Waals surface area contributed by atoms with Gasteiger partial charge in [-0.15, -0.1) is 0 Å². The van der Waals surface area contributed by atoms with E-state index in [1.807, 2.05) is 18.2 Å². The van der Waals surface area contributed by atoms with Crippen LogP contribution in [0.25, 0.3) is 21.8 Å². The fraction of sp³-hybridized carbons (Fsp3) is 0.0500. The van der Waals surface area contributed by atoms with Crippen molar-refractivity contribution < 1.29 is 17.0 Å². The highest BCUT2D eigenvalue weighted by atomic mass is 35.5. The van der Waals surface area contributed by atoms with Gasteiger partial charge in [0.15, 0.2) is 6.54 Å². The molecule has 0 aliphatic heterocycles. The molecule has 23 heavy (non-hydrogen) atoms. The Kier molecular flexibility index (Phi) is 4.51. The van der Waals surface area contributed by atoms with Gasteiger partial charge in [0.05, 0.1) is 15.8 Å². The van der Waals surface area contributed by atoms with Gasteiger partial charge in [0.25, 0.3) is 0 Å². The second kappa shape index (κ2) is 6.57. The Morgan fingerprint density at radius 3 is 1.70 bits per heavy atom. The summed E-state index contributed by atoms with van der Waals surface area (Å²) >= 11 is 6.64. The van der Waals surface area contributed by atoms with E-state index < -0.39 is 0 Å². The maximum atomic E-state index is 6.64. The number of benzene rings is 3. The molecule has 0 aliphatic carbocycles. The highest BCUT2D eigenvalue weighted by Crippen LogP contribution is 2.29. The maximum Gasteiger partial charge on any atom is 0.214 e. The van der Waals surface area contributed by atoms with Crippen LogP contribution in [0, 0.1) is 0 Å². The van der Waals surface area contributed by atoms with Gasteiger partial charge in [-0.1, -0.05) is 66.2 Å². The third-order valence-electron chi connectivity index (χ3n) is 4.05. The normalized spacial score (nSPS) is 10.7. The van der Waals surface area contributed by atoms with E-state index in [9.17, 15) is 0 Å². The van der Waals surface area contributed by atoms with Gasteiger partial charge in [-0.2, -0.15) is 4.57 Å². The monoisotopic (exact) mass is 339 g/mol. The first-order valence-electron chi connectivity index (χ1n) is 7.37. The van der Waals surface area contributed by atoms with Gasteiger partial charge in [0.1, 0.15) is 0 Å². The van der Waals surface area contributed by atoms with Crippen LogP contribution in [0.4, 0.5) is 0 Å². The molecular formula is C20H15Cl2N. The molecule has 1 heterocycles. The van der Waals surface area contributed by atoms with Crippen molar-refractivity contribution in [2.24, 2.45) is 0 Å². The van der Waals surface area contributed by atoms with Crippen molar-refractivity contribution in [1.82, 2.24) is 0 Å². The van der Waals surface area contributed by atoms with Crippen molar-refractivity contribution in [2.45, 2.75) is 6.54 Å². The van der Waals surface area contributed by atoms with E-state index in [1.54, 1.807) is 0 Å². The number of rotatable bonds is 2. The molecule has 4 aromatic rings. The Balaban J connectivity index is 0.00000156. The summed E-state index contributed by atoms with van der Waals surface area (Å²) < 4.78 is 2.34. The lowest BCUT2D eigenvalue weighted by Crippen LogP contribution is -3.00. The van der Waals surface area contributed by atoms with Crippen molar-refractivity contribution in [3.8, 4) is 0 Å². The predicted octanol–water partition coefficient (Wildman–Crippen LogP) is 1.99. The minimum atomic E-state index is 0. The van der Waals surface area contributed by atoms with Gasteiger partial charge in [0.2, 0.25) is 11.0 Å². The van der Waals surface area contributed by atoms with Crippen LogP contribution >= 0.6 is 11.6 Å². The second-order valence-corrected chi connectivity index (χ2v) is 5.80. The Morgan fingerprint density at radius 1 is 0.652 bits per heavy atom. The number of pyridine rings is 1. The summed E-state index contributed by atoms with van der Waals surface area (Å²) in [7, 11) is 0. The molecule has 0 bridgehead atoms. The quantitative estimate of drug-likeness (QED) is 0.388. The first-order valence-corrected chi connectivity index (χ1v) is 7.75. The molecule has 0 unspecified atom stereocenters. The Bertz CT molecular complexity index is 908. The molecule has 0 radical (unpaired) electrons. The first kappa shape index (κ1) is 15.8. The standard InChI is InChI=1S/C20H15ClN.ClH/c21-20-16-10-4-6-12-18(16)22(14-15-8-2-1-3-9-15)19-13-7-5-11-17(19)20;/h1-13H,14H2;1H/q+1;/p-1. The molecule has 4 rings (SSSR count). The summed E-state index contributed by atoms with van der Waals surface area (Å²) in [6, 6.07) is 27.2. The van der Waals surface area contributed by atoms with Crippen molar-refractivity contribution >= 4 is 33.4 Å². The molecule has 0 saturated carbocycles. The summed E-state index contributed by atoms with van der Waals surface area (Å²) in [4.78, 5) is 0. The maximum absolute atomic E-state index is 6.64. The lowest BCUT2D eigenvalue weighted by Gasteiger charge is -2.08. The predicted molar refractivity (Wildman–Crippen MR) is 92.2 cm³/mol. The fourth-order valence-corrected chi connectivity index (χ4v) is 3.32. The molecule has 1 aromatic heterocycles. The van der Waals surface area contributed by atoms with Crippen LogP contribution in [0.15, 0.2) is 78.9 Å². The van der Waals surface area contributed by atoms with Crippen LogP contribution in [0.5, 0.6) is 0 Å². The third kappa shape index (κ3) is 2.78. The smallest absolute Gasteiger partial charge is 0.214 e. The molecule has 0 N–H and O–H groups in total. The summed E-state index contributed by atoms with van der Waals surface area (Å²) in [6.07, 6.45) is 0. The van der Waals surface area contributed by atoms with E-state index in [0.29, 0.717) is 0 Å². The van der Waals surface area contributed by atoms with E-state index in [-0.39, 0.29) is 12.4 Å². The highest BCUT2D eigenvalue weighted by Gasteiger charge is 2.18. The molecule has 1 nitrogen and oxygen atoms in total. The molecule has 3 aromatic carbocycles. The molecule has 0 amide bonds. The van der Waals surface area contributed by atoms with Gasteiger partial charge in [0, 0.05) is 17.7 Å². The Morgan fingerprint density at radius 2 is 1.13 bits per heavy atom. The van der Waals surface area contributed by atoms with Crippen LogP contribution in [0.2, 0.25) is 5.02 Å².